The summed E-state index contributed by atoms with van der Waals surface area (Å²) in [6, 6.07) is 20.1. The highest BCUT2D eigenvalue weighted by Crippen LogP contribution is 2.38. The van der Waals surface area contributed by atoms with E-state index in [9.17, 15) is 9.90 Å². The van der Waals surface area contributed by atoms with Gasteiger partial charge in [0.05, 0.1) is 22.9 Å². The molecule has 2 aromatic carbocycles. The van der Waals surface area contributed by atoms with Crippen LogP contribution >= 0.6 is 11.3 Å². The molecule has 5 aromatic rings. The number of aryl methyl sites for hydroxylation is 1. The van der Waals surface area contributed by atoms with Gasteiger partial charge in [0.1, 0.15) is 0 Å². The van der Waals surface area contributed by atoms with Gasteiger partial charge in [-0.3, -0.25) is 9.69 Å². The van der Waals surface area contributed by atoms with Gasteiger partial charge in [-0.1, -0.05) is 54.7 Å². The van der Waals surface area contributed by atoms with Gasteiger partial charge in [-0.25, -0.2) is 19.4 Å². The molecule has 3 aromatic heterocycles. The summed E-state index contributed by atoms with van der Waals surface area (Å²) in [5.74, 6) is 0.481. The lowest BCUT2D eigenvalue weighted by atomic mass is 10.1. The molecule has 1 aliphatic rings. The summed E-state index contributed by atoms with van der Waals surface area (Å²) < 4.78 is 1.74. The van der Waals surface area contributed by atoms with Crippen LogP contribution in [0.5, 0.6) is 0 Å². The molecule has 9 nitrogen and oxygen atoms in total. The maximum absolute atomic E-state index is 13.6. The van der Waals surface area contributed by atoms with E-state index >= 15 is 0 Å². The van der Waals surface area contributed by atoms with Crippen molar-refractivity contribution < 1.29 is 5.11 Å². The highest BCUT2D eigenvalue weighted by atomic mass is 32.1. The number of hydrogen-bond acceptors (Lipinski definition) is 9. The molecule has 0 unspecified atom stereocenters. The highest BCUT2D eigenvalue weighted by molar-refractivity contribution is 7.20. The summed E-state index contributed by atoms with van der Waals surface area (Å²) >= 11 is 1.47. The highest BCUT2D eigenvalue weighted by Gasteiger charge is 2.22. The summed E-state index contributed by atoms with van der Waals surface area (Å²) in [5.41, 5.74) is 5.96. The van der Waals surface area contributed by atoms with Crippen LogP contribution in [-0.4, -0.2) is 68.7 Å². The predicted octanol–water partition coefficient (Wildman–Crippen LogP) is 4.61. The second-order valence-corrected chi connectivity index (χ2v) is 11.1. The SMILES string of the molecule is CCc1c(C)nc2sc(-c3ccnc(Nc4cccc(N5CCN(CCO)CC5)c4)n3)c(-c3ccccc3)n2c1=O. The second-order valence-electron chi connectivity index (χ2n) is 10.1. The van der Waals surface area contributed by atoms with Crippen molar-refractivity contribution in [2.75, 3.05) is 49.5 Å². The first-order valence-corrected chi connectivity index (χ1v) is 14.8. The van der Waals surface area contributed by atoms with E-state index in [1.807, 2.05) is 62.4 Å². The minimum absolute atomic E-state index is 0.0298. The predicted molar refractivity (Wildman–Crippen MR) is 165 cm³/mol. The Morgan fingerprint density at radius 1 is 1.00 bits per heavy atom. The molecule has 10 heteroatoms. The Morgan fingerprint density at radius 3 is 2.56 bits per heavy atom. The van der Waals surface area contributed by atoms with Gasteiger partial charge in [0.15, 0.2) is 4.96 Å². The van der Waals surface area contributed by atoms with E-state index in [0.29, 0.717) is 17.3 Å². The van der Waals surface area contributed by atoms with Crippen molar-refractivity contribution in [3.8, 4) is 21.8 Å². The molecule has 0 saturated carbocycles. The number of nitrogens with one attached hydrogen (secondary N) is 1. The number of piperazine rings is 1. The van der Waals surface area contributed by atoms with Gasteiger partial charge in [-0.15, -0.1) is 0 Å². The summed E-state index contributed by atoms with van der Waals surface area (Å²) in [5, 5.41) is 12.6. The maximum Gasteiger partial charge on any atom is 0.262 e. The Bertz CT molecular complexity index is 1730. The first-order valence-electron chi connectivity index (χ1n) is 13.9. The monoisotopic (exact) mass is 567 g/mol. The summed E-state index contributed by atoms with van der Waals surface area (Å²) in [6.45, 7) is 8.49. The van der Waals surface area contributed by atoms with Crippen molar-refractivity contribution in [1.82, 2.24) is 24.3 Å². The van der Waals surface area contributed by atoms with Crippen molar-refractivity contribution in [1.29, 1.82) is 0 Å². The molecule has 0 atom stereocenters. The largest absolute Gasteiger partial charge is 0.395 e. The second kappa shape index (κ2) is 11.8. The average Bonchev–Trinajstić information content (AvgIpc) is 3.38. The maximum atomic E-state index is 13.6. The lowest BCUT2D eigenvalue weighted by Crippen LogP contribution is -2.47. The zero-order chi connectivity index (χ0) is 28.3. The third-order valence-corrected chi connectivity index (χ3v) is 8.59. The quantitative estimate of drug-likeness (QED) is 0.281. The van der Waals surface area contributed by atoms with Gasteiger partial charge in [-0.2, -0.15) is 0 Å². The topological polar surface area (TPSA) is 98.9 Å². The molecule has 0 radical (unpaired) electrons. The summed E-state index contributed by atoms with van der Waals surface area (Å²) in [7, 11) is 0. The molecule has 0 aliphatic carbocycles. The van der Waals surface area contributed by atoms with E-state index in [4.69, 9.17) is 9.97 Å². The number of rotatable bonds is 8. The van der Waals surface area contributed by atoms with Crippen molar-refractivity contribution >= 4 is 33.6 Å². The summed E-state index contributed by atoms with van der Waals surface area (Å²) in [4.78, 5) is 34.0. The zero-order valence-corrected chi connectivity index (χ0v) is 24.1. The number of fused-ring (bicyclic) bond motifs is 1. The molecule has 0 spiro atoms. The molecule has 4 heterocycles. The van der Waals surface area contributed by atoms with E-state index in [-0.39, 0.29) is 12.2 Å². The van der Waals surface area contributed by atoms with Crippen molar-refractivity contribution in [2.45, 2.75) is 20.3 Å². The summed E-state index contributed by atoms with van der Waals surface area (Å²) in [6.07, 6.45) is 2.37. The van der Waals surface area contributed by atoms with Crippen LogP contribution in [0.1, 0.15) is 18.2 Å². The van der Waals surface area contributed by atoms with Crippen LogP contribution in [0.4, 0.5) is 17.3 Å². The minimum atomic E-state index is -0.0298. The third-order valence-electron chi connectivity index (χ3n) is 7.53. The molecule has 1 aliphatic heterocycles. The number of anilines is 3. The Kier molecular flexibility index (Phi) is 7.78. The number of nitrogens with zero attached hydrogens (tertiary/aromatic N) is 6. The fourth-order valence-corrected chi connectivity index (χ4v) is 6.56. The molecule has 41 heavy (non-hydrogen) atoms. The van der Waals surface area contributed by atoms with Crippen molar-refractivity contribution in [2.24, 2.45) is 0 Å². The van der Waals surface area contributed by atoms with Gasteiger partial charge in [0.25, 0.3) is 5.56 Å². The van der Waals surface area contributed by atoms with Crippen molar-refractivity contribution in [3.63, 3.8) is 0 Å². The molecular formula is C31H33N7O2S. The fraction of sp³-hybridized carbons (Fsp3) is 0.290. The third kappa shape index (κ3) is 5.46. The van der Waals surface area contributed by atoms with Crippen LogP contribution in [0.25, 0.3) is 26.8 Å². The van der Waals surface area contributed by atoms with Crippen LogP contribution in [0.2, 0.25) is 0 Å². The number of aliphatic hydroxyl groups is 1. The number of β-amino-alcohol motifs (C(OH)–C–C–N with tert-alkyl or cyclic N) is 1. The van der Waals surface area contributed by atoms with Gasteiger partial charge < -0.3 is 15.3 Å². The number of aromatic nitrogens is 4. The van der Waals surface area contributed by atoms with E-state index in [1.165, 1.54) is 11.3 Å². The Hall–Kier alpha value is -4.12. The van der Waals surface area contributed by atoms with Crippen LogP contribution in [0.3, 0.4) is 0 Å². The Labute approximate surface area is 242 Å². The molecule has 0 amide bonds. The van der Waals surface area contributed by atoms with E-state index < -0.39 is 0 Å². The number of aliphatic hydroxyl groups excluding tert-OH is 1. The molecule has 1 saturated heterocycles. The van der Waals surface area contributed by atoms with Gasteiger partial charge in [0, 0.05) is 67.1 Å². The van der Waals surface area contributed by atoms with Crippen LogP contribution < -0.4 is 15.8 Å². The molecule has 2 N–H and O–H groups in total. The fourth-order valence-electron chi connectivity index (χ4n) is 5.41. The molecule has 210 valence electrons. The van der Waals surface area contributed by atoms with Crippen LogP contribution in [0.15, 0.2) is 71.7 Å². The van der Waals surface area contributed by atoms with E-state index in [0.717, 1.165) is 77.2 Å². The lowest BCUT2D eigenvalue weighted by molar-refractivity contribution is 0.189. The number of benzene rings is 2. The first kappa shape index (κ1) is 27.1. The standard InChI is InChI=1S/C31H33N7O2S/c1-3-25-21(2)33-31-38(29(25)40)27(22-8-5-4-6-9-22)28(41-31)26-12-13-32-30(35-26)34-23-10-7-11-24(20-23)37-16-14-36(15-17-37)18-19-39/h4-13,20,39H,3,14-19H2,1-2H3,(H,32,34,35). The molecular weight excluding hydrogens is 534 g/mol. The first-order chi connectivity index (χ1) is 20.1. The van der Waals surface area contributed by atoms with Crippen LogP contribution in [-0.2, 0) is 6.42 Å². The van der Waals surface area contributed by atoms with E-state index in [2.05, 4.69) is 32.2 Å². The number of hydrogen-bond donors (Lipinski definition) is 2. The van der Waals surface area contributed by atoms with Crippen LogP contribution in [0, 0.1) is 6.92 Å². The lowest BCUT2D eigenvalue weighted by Gasteiger charge is -2.35. The smallest absolute Gasteiger partial charge is 0.262 e. The van der Waals surface area contributed by atoms with E-state index in [1.54, 1.807) is 10.6 Å². The Morgan fingerprint density at radius 2 is 1.80 bits per heavy atom. The number of thiazole rings is 1. The van der Waals surface area contributed by atoms with Gasteiger partial charge in [0.2, 0.25) is 5.95 Å². The normalized spacial score (nSPS) is 14.1. The van der Waals surface area contributed by atoms with Crippen molar-refractivity contribution in [3.05, 3.63) is 88.5 Å². The minimum Gasteiger partial charge on any atom is -0.395 e. The van der Waals surface area contributed by atoms with Gasteiger partial charge >= 0.3 is 0 Å². The Balaban J connectivity index is 1.34. The van der Waals surface area contributed by atoms with Gasteiger partial charge in [-0.05, 0) is 37.6 Å². The zero-order valence-electron chi connectivity index (χ0n) is 23.2. The molecule has 6 rings (SSSR count). The average molecular weight is 568 g/mol. The molecule has 1 fully saturated rings. The molecule has 0 bridgehead atoms.